The van der Waals surface area contributed by atoms with E-state index in [2.05, 4.69) is 100 Å². The van der Waals surface area contributed by atoms with Crippen LogP contribution in [0.25, 0.3) is 0 Å². The zero-order valence-corrected chi connectivity index (χ0v) is 14.1. The summed E-state index contributed by atoms with van der Waals surface area (Å²) in [5, 5.41) is 3.56. The molecule has 94 valence electrons. The minimum atomic E-state index is 0.299. The van der Waals surface area contributed by atoms with Crippen LogP contribution in [0.1, 0.15) is 24.1 Å². The lowest BCUT2D eigenvalue weighted by Crippen LogP contribution is -2.07. The van der Waals surface area contributed by atoms with Crippen LogP contribution >= 0.6 is 38.5 Å². The molecule has 1 unspecified atom stereocenters. The van der Waals surface area contributed by atoms with E-state index in [0.29, 0.717) is 6.04 Å². The third-order valence-electron chi connectivity index (χ3n) is 2.84. The fraction of sp³-hybridized carbons (Fsp3) is 0.200. The average molecular weight is 416 g/mol. The molecule has 0 amide bonds. The summed E-state index contributed by atoms with van der Waals surface area (Å²) < 4.78 is 2.33. The fourth-order valence-electron chi connectivity index (χ4n) is 1.86. The Balaban J connectivity index is 2.21. The number of benzene rings is 2. The molecule has 0 aliphatic heterocycles. The SMILES string of the molecule is Cc1cccc(C(C)Nc2cc(Br)ccc2I)c1. The van der Waals surface area contributed by atoms with Crippen molar-refractivity contribution in [3.05, 3.63) is 61.6 Å². The van der Waals surface area contributed by atoms with E-state index in [1.165, 1.54) is 20.4 Å². The first-order chi connectivity index (χ1) is 8.56. The predicted octanol–water partition coefficient (Wildman–Crippen LogP) is 5.54. The number of halogens is 2. The van der Waals surface area contributed by atoms with Gasteiger partial charge in [0.05, 0.1) is 0 Å². The van der Waals surface area contributed by atoms with E-state index in [0.717, 1.165) is 4.47 Å². The van der Waals surface area contributed by atoms with Gasteiger partial charge in [0.1, 0.15) is 0 Å². The van der Waals surface area contributed by atoms with E-state index in [1.807, 2.05) is 0 Å². The van der Waals surface area contributed by atoms with Crippen LogP contribution in [0, 0.1) is 10.5 Å². The highest BCUT2D eigenvalue weighted by atomic mass is 127. The smallest absolute Gasteiger partial charge is 0.0491 e. The molecule has 0 spiro atoms. The van der Waals surface area contributed by atoms with Gasteiger partial charge in [-0.1, -0.05) is 45.8 Å². The van der Waals surface area contributed by atoms with Crippen molar-refractivity contribution in [2.24, 2.45) is 0 Å². The standard InChI is InChI=1S/C15H15BrIN/c1-10-4-3-5-12(8-10)11(2)18-15-9-13(16)6-7-14(15)17/h3-9,11,18H,1-2H3. The molecule has 0 aliphatic carbocycles. The summed E-state index contributed by atoms with van der Waals surface area (Å²) in [6.45, 7) is 4.31. The second kappa shape index (κ2) is 6.06. The van der Waals surface area contributed by atoms with Crippen molar-refractivity contribution in [2.45, 2.75) is 19.9 Å². The van der Waals surface area contributed by atoms with Crippen molar-refractivity contribution in [1.29, 1.82) is 0 Å². The van der Waals surface area contributed by atoms with Gasteiger partial charge in [-0.3, -0.25) is 0 Å². The number of aryl methyl sites for hydroxylation is 1. The van der Waals surface area contributed by atoms with Crippen LogP contribution in [0.4, 0.5) is 5.69 Å². The molecule has 3 heteroatoms. The highest BCUT2D eigenvalue weighted by Crippen LogP contribution is 2.27. The molecule has 1 atom stereocenters. The Bertz CT molecular complexity index is 554. The van der Waals surface area contributed by atoms with Crippen LogP contribution in [0.15, 0.2) is 46.9 Å². The number of hydrogen-bond acceptors (Lipinski definition) is 1. The topological polar surface area (TPSA) is 12.0 Å². The fourth-order valence-corrected chi connectivity index (χ4v) is 2.72. The quantitative estimate of drug-likeness (QED) is 0.649. The van der Waals surface area contributed by atoms with Crippen molar-refractivity contribution in [3.8, 4) is 0 Å². The largest absolute Gasteiger partial charge is 0.378 e. The lowest BCUT2D eigenvalue weighted by Gasteiger charge is -2.17. The Morgan fingerprint density at radius 2 is 1.94 bits per heavy atom. The van der Waals surface area contributed by atoms with E-state index in [4.69, 9.17) is 0 Å². The molecule has 0 fully saturated rings. The predicted molar refractivity (Wildman–Crippen MR) is 90.1 cm³/mol. The van der Waals surface area contributed by atoms with Gasteiger partial charge in [-0.05, 0) is 60.2 Å². The van der Waals surface area contributed by atoms with Gasteiger partial charge in [0.15, 0.2) is 0 Å². The second-order valence-corrected chi connectivity index (χ2v) is 6.48. The van der Waals surface area contributed by atoms with Gasteiger partial charge in [0, 0.05) is 19.8 Å². The first kappa shape index (κ1) is 13.9. The van der Waals surface area contributed by atoms with Gasteiger partial charge >= 0.3 is 0 Å². The maximum Gasteiger partial charge on any atom is 0.0491 e. The summed E-state index contributed by atoms with van der Waals surface area (Å²) in [5.74, 6) is 0. The minimum absolute atomic E-state index is 0.299. The zero-order chi connectivity index (χ0) is 13.1. The summed E-state index contributed by atoms with van der Waals surface area (Å²) >= 11 is 5.86. The van der Waals surface area contributed by atoms with E-state index >= 15 is 0 Å². The minimum Gasteiger partial charge on any atom is -0.378 e. The third-order valence-corrected chi connectivity index (χ3v) is 4.28. The van der Waals surface area contributed by atoms with E-state index in [1.54, 1.807) is 0 Å². The number of hydrogen-bond donors (Lipinski definition) is 1. The molecule has 0 aliphatic rings. The lowest BCUT2D eigenvalue weighted by molar-refractivity contribution is 0.881. The molecule has 0 bridgehead atoms. The summed E-state index contributed by atoms with van der Waals surface area (Å²) in [6.07, 6.45) is 0. The van der Waals surface area contributed by atoms with Crippen LogP contribution < -0.4 is 5.32 Å². The van der Waals surface area contributed by atoms with Crippen molar-refractivity contribution < 1.29 is 0 Å². The van der Waals surface area contributed by atoms with Crippen LogP contribution in [0.3, 0.4) is 0 Å². The molecule has 2 aromatic carbocycles. The van der Waals surface area contributed by atoms with E-state index in [9.17, 15) is 0 Å². The highest BCUT2D eigenvalue weighted by molar-refractivity contribution is 14.1. The molecular formula is C15H15BrIN. The molecule has 0 aromatic heterocycles. The zero-order valence-electron chi connectivity index (χ0n) is 10.4. The Kier molecular flexibility index (Phi) is 4.67. The van der Waals surface area contributed by atoms with Crippen LogP contribution in [-0.2, 0) is 0 Å². The highest BCUT2D eigenvalue weighted by Gasteiger charge is 2.07. The first-order valence-corrected chi connectivity index (χ1v) is 7.71. The third kappa shape index (κ3) is 3.48. The summed E-state index contributed by atoms with van der Waals surface area (Å²) in [5.41, 5.74) is 3.77. The monoisotopic (exact) mass is 415 g/mol. The normalized spacial score (nSPS) is 12.2. The summed E-state index contributed by atoms with van der Waals surface area (Å²) in [6, 6.07) is 15.2. The average Bonchev–Trinajstić information content (AvgIpc) is 2.34. The maximum atomic E-state index is 3.56. The Morgan fingerprint density at radius 3 is 2.67 bits per heavy atom. The molecule has 1 nitrogen and oxygen atoms in total. The van der Waals surface area contributed by atoms with E-state index in [-0.39, 0.29) is 0 Å². The molecule has 0 saturated heterocycles. The van der Waals surface area contributed by atoms with Gasteiger partial charge in [-0.15, -0.1) is 0 Å². The lowest BCUT2D eigenvalue weighted by atomic mass is 10.1. The van der Waals surface area contributed by atoms with Crippen molar-refractivity contribution in [3.63, 3.8) is 0 Å². The molecule has 2 rings (SSSR count). The Hall–Kier alpha value is -0.550. The molecular weight excluding hydrogens is 401 g/mol. The second-order valence-electron chi connectivity index (χ2n) is 4.40. The molecule has 18 heavy (non-hydrogen) atoms. The van der Waals surface area contributed by atoms with Gasteiger partial charge in [0.25, 0.3) is 0 Å². The Labute approximate surface area is 130 Å². The number of nitrogens with one attached hydrogen (secondary N) is 1. The number of rotatable bonds is 3. The van der Waals surface area contributed by atoms with Gasteiger partial charge < -0.3 is 5.32 Å². The van der Waals surface area contributed by atoms with Gasteiger partial charge in [-0.25, -0.2) is 0 Å². The van der Waals surface area contributed by atoms with Gasteiger partial charge in [-0.2, -0.15) is 0 Å². The molecule has 0 heterocycles. The van der Waals surface area contributed by atoms with E-state index < -0.39 is 0 Å². The Morgan fingerprint density at radius 1 is 1.17 bits per heavy atom. The first-order valence-electron chi connectivity index (χ1n) is 5.84. The molecule has 2 aromatic rings. The van der Waals surface area contributed by atoms with Crippen LogP contribution in [0.2, 0.25) is 0 Å². The number of anilines is 1. The maximum absolute atomic E-state index is 3.56. The van der Waals surface area contributed by atoms with Crippen LogP contribution in [-0.4, -0.2) is 0 Å². The van der Waals surface area contributed by atoms with Crippen molar-refractivity contribution in [1.82, 2.24) is 0 Å². The molecule has 0 radical (unpaired) electrons. The van der Waals surface area contributed by atoms with Crippen molar-refractivity contribution in [2.75, 3.05) is 5.32 Å². The molecule has 0 saturated carbocycles. The van der Waals surface area contributed by atoms with Gasteiger partial charge in [0.2, 0.25) is 0 Å². The summed E-state index contributed by atoms with van der Waals surface area (Å²) in [7, 11) is 0. The molecule has 1 N–H and O–H groups in total. The summed E-state index contributed by atoms with van der Waals surface area (Å²) in [4.78, 5) is 0. The van der Waals surface area contributed by atoms with Crippen molar-refractivity contribution >= 4 is 44.2 Å². The van der Waals surface area contributed by atoms with Crippen LogP contribution in [0.5, 0.6) is 0 Å².